The van der Waals surface area contributed by atoms with Crippen molar-refractivity contribution in [2.45, 2.75) is 6.42 Å². The monoisotopic (exact) mass is 254 g/mol. The van der Waals surface area contributed by atoms with E-state index in [-0.39, 0.29) is 5.82 Å². The van der Waals surface area contributed by atoms with Crippen molar-refractivity contribution in [1.29, 1.82) is 0 Å². The Bertz CT molecular complexity index is 575. The summed E-state index contributed by atoms with van der Waals surface area (Å²) in [6.45, 7) is 0. The lowest BCUT2D eigenvalue weighted by Crippen LogP contribution is -2.21. The number of hydrogen-bond donors (Lipinski definition) is 0. The normalized spacial score (nSPS) is 12.5. The maximum absolute atomic E-state index is 11.5. The minimum absolute atomic E-state index is 0.265. The van der Waals surface area contributed by atoms with Gasteiger partial charge in [-0.1, -0.05) is 35.5 Å². The molecule has 0 aliphatic rings. The zero-order valence-electron chi connectivity index (χ0n) is 9.03. The summed E-state index contributed by atoms with van der Waals surface area (Å²) < 4.78 is 21.4. The van der Waals surface area contributed by atoms with Crippen molar-refractivity contribution in [3.63, 3.8) is 0 Å². The quantitative estimate of drug-likeness (QED) is 0.794. The summed E-state index contributed by atoms with van der Waals surface area (Å²) in [5.74, 6) is -0.530. The van der Waals surface area contributed by atoms with Crippen LogP contribution >= 0.6 is 0 Å². The summed E-state index contributed by atoms with van der Waals surface area (Å²) in [5, 5.41) is 3.58. The first kappa shape index (κ1) is 11.7. The standard InChI is InChI=1S/C10H10N2O4S/c1-15-17(14)12-9(11-16-10(12)13)7-8-5-3-2-4-6-8/h2-6H,7H2,1H3. The van der Waals surface area contributed by atoms with Gasteiger partial charge in [-0.3, -0.25) is 8.71 Å². The van der Waals surface area contributed by atoms with E-state index >= 15 is 0 Å². The second-order valence-corrected chi connectivity index (χ2v) is 4.34. The van der Waals surface area contributed by atoms with Gasteiger partial charge in [0.15, 0.2) is 5.82 Å². The molecule has 0 spiro atoms. The summed E-state index contributed by atoms with van der Waals surface area (Å²) in [7, 11) is 1.24. The third-order valence-corrected chi connectivity index (χ3v) is 3.07. The van der Waals surface area contributed by atoms with Crippen LogP contribution in [0.25, 0.3) is 0 Å². The molecule has 1 atom stereocenters. The highest BCUT2D eigenvalue weighted by Gasteiger charge is 2.16. The van der Waals surface area contributed by atoms with E-state index in [4.69, 9.17) is 0 Å². The van der Waals surface area contributed by atoms with Crippen molar-refractivity contribution in [3.05, 3.63) is 52.3 Å². The average molecular weight is 254 g/mol. The molecule has 0 bridgehead atoms. The average Bonchev–Trinajstić information content (AvgIpc) is 2.71. The molecule has 2 rings (SSSR count). The largest absolute Gasteiger partial charge is 0.455 e. The van der Waals surface area contributed by atoms with Crippen LogP contribution in [0.3, 0.4) is 0 Å². The molecule has 17 heavy (non-hydrogen) atoms. The highest BCUT2D eigenvalue weighted by atomic mass is 32.2. The fourth-order valence-corrected chi connectivity index (χ4v) is 1.95. The van der Waals surface area contributed by atoms with Crippen LogP contribution in [-0.4, -0.2) is 20.4 Å². The van der Waals surface area contributed by atoms with E-state index < -0.39 is 17.0 Å². The lowest BCUT2D eigenvalue weighted by atomic mass is 10.1. The van der Waals surface area contributed by atoms with Gasteiger partial charge < -0.3 is 0 Å². The molecule has 1 aromatic carbocycles. The van der Waals surface area contributed by atoms with E-state index in [0.29, 0.717) is 6.42 Å². The number of hydrogen-bond acceptors (Lipinski definition) is 5. The zero-order valence-corrected chi connectivity index (χ0v) is 9.85. The van der Waals surface area contributed by atoms with Crippen LogP contribution in [-0.2, 0) is 21.9 Å². The van der Waals surface area contributed by atoms with Gasteiger partial charge in [-0.05, 0) is 5.56 Å². The van der Waals surface area contributed by atoms with E-state index in [1.54, 1.807) is 0 Å². The van der Waals surface area contributed by atoms with Gasteiger partial charge in [-0.15, -0.1) is 0 Å². The van der Waals surface area contributed by atoms with Crippen molar-refractivity contribution in [1.82, 2.24) is 9.13 Å². The molecule has 1 unspecified atom stereocenters. The van der Waals surface area contributed by atoms with Crippen LogP contribution in [0, 0.1) is 0 Å². The van der Waals surface area contributed by atoms with Gasteiger partial charge in [0.05, 0.1) is 7.11 Å². The lowest BCUT2D eigenvalue weighted by Gasteiger charge is -2.01. The van der Waals surface area contributed by atoms with Gasteiger partial charge in [-0.2, -0.15) is 3.97 Å². The topological polar surface area (TPSA) is 74.3 Å². The van der Waals surface area contributed by atoms with Gasteiger partial charge in [0.1, 0.15) is 0 Å². The Morgan fingerprint density at radius 1 is 1.41 bits per heavy atom. The fourth-order valence-electron chi connectivity index (χ4n) is 1.38. The Balaban J connectivity index is 2.34. The Hall–Kier alpha value is -1.73. The lowest BCUT2D eigenvalue weighted by molar-refractivity contribution is 0.377. The summed E-state index contributed by atoms with van der Waals surface area (Å²) in [4.78, 5) is 11.3. The smallest absolute Gasteiger partial charge is 0.295 e. The molecule has 0 amide bonds. The van der Waals surface area contributed by atoms with Crippen molar-refractivity contribution in [3.8, 4) is 0 Å². The van der Waals surface area contributed by atoms with Crippen molar-refractivity contribution in [2.24, 2.45) is 0 Å². The molecule has 7 heteroatoms. The molecule has 1 aromatic heterocycles. The first-order valence-corrected chi connectivity index (χ1v) is 5.84. The van der Waals surface area contributed by atoms with Crippen molar-refractivity contribution in [2.75, 3.05) is 7.11 Å². The predicted molar refractivity (Wildman–Crippen MR) is 60.6 cm³/mol. The van der Waals surface area contributed by atoms with Gasteiger partial charge in [0.25, 0.3) is 11.3 Å². The molecule has 0 aliphatic carbocycles. The van der Waals surface area contributed by atoms with Gasteiger partial charge in [0, 0.05) is 6.42 Å². The summed E-state index contributed by atoms with van der Waals surface area (Å²) in [6, 6.07) is 9.36. The second-order valence-electron chi connectivity index (χ2n) is 3.21. The fraction of sp³-hybridized carbons (Fsp3) is 0.200. The third kappa shape index (κ3) is 2.51. The molecular formula is C10H10N2O4S. The van der Waals surface area contributed by atoms with Crippen LogP contribution < -0.4 is 5.76 Å². The van der Waals surface area contributed by atoms with Crippen LogP contribution in [0.1, 0.15) is 11.4 Å². The van der Waals surface area contributed by atoms with Gasteiger partial charge in [0.2, 0.25) is 0 Å². The molecule has 6 nitrogen and oxygen atoms in total. The minimum Gasteiger partial charge on any atom is -0.295 e. The Labute approximate surface area is 99.6 Å². The Morgan fingerprint density at radius 3 is 2.76 bits per heavy atom. The van der Waals surface area contributed by atoms with Crippen LogP contribution in [0.15, 0.2) is 39.6 Å². The van der Waals surface area contributed by atoms with E-state index in [1.165, 1.54) is 7.11 Å². The molecule has 0 saturated heterocycles. The summed E-state index contributed by atoms with van der Waals surface area (Å²) >= 11 is -1.91. The highest BCUT2D eigenvalue weighted by molar-refractivity contribution is 7.78. The highest BCUT2D eigenvalue weighted by Crippen LogP contribution is 2.06. The Morgan fingerprint density at radius 2 is 2.12 bits per heavy atom. The molecule has 90 valence electrons. The number of benzene rings is 1. The maximum atomic E-state index is 11.5. The minimum atomic E-state index is -1.91. The van der Waals surface area contributed by atoms with Crippen molar-refractivity contribution < 1.29 is 12.9 Å². The summed E-state index contributed by atoms with van der Waals surface area (Å²) in [5.41, 5.74) is 0.933. The zero-order chi connectivity index (χ0) is 12.3. The number of rotatable bonds is 4. The molecule has 2 aromatic rings. The van der Waals surface area contributed by atoms with Crippen molar-refractivity contribution >= 4 is 11.3 Å². The summed E-state index contributed by atoms with van der Waals surface area (Å²) in [6.07, 6.45) is 0.349. The van der Waals surface area contributed by atoms with Gasteiger partial charge in [-0.25, -0.2) is 9.00 Å². The molecule has 0 radical (unpaired) electrons. The predicted octanol–water partition coefficient (Wildman–Crippen LogP) is 0.500. The van der Waals surface area contributed by atoms with E-state index in [2.05, 4.69) is 13.9 Å². The number of aromatic nitrogens is 2. The maximum Gasteiger partial charge on any atom is 0.455 e. The second kappa shape index (κ2) is 5.07. The van der Waals surface area contributed by atoms with Crippen LogP contribution in [0.5, 0.6) is 0 Å². The molecule has 0 aliphatic heterocycles. The van der Waals surface area contributed by atoms with Crippen LogP contribution in [0.4, 0.5) is 0 Å². The van der Waals surface area contributed by atoms with E-state index in [1.807, 2.05) is 30.3 Å². The molecule has 1 heterocycles. The van der Waals surface area contributed by atoms with E-state index in [0.717, 1.165) is 9.54 Å². The molecular weight excluding hydrogens is 244 g/mol. The molecule has 0 N–H and O–H groups in total. The first-order valence-electron chi connectivity index (χ1n) is 4.80. The third-order valence-electron chi connectivity index (χ3n) is 2.13. The first-order chi connectivity index (χ1) is 8.22. The number of nitrogens with zero attached hydrogens (tertiary/aromatic N) is 2. The SMILES string of the molecule is COS(=O)n1c(Cc2ccccc2)noc1=O. The molecule has 0 fully saturated rings. The van der Waals surface area contributed by atoms with E-state index in [9.17, 15) is 9.00 Å². The Kier molecular flexibility index (Phi) is 3.50. The molecule has 0 saturated carbocycles. The van der Waals surface area contributed by atoms with Gasteiger partial charge >= 0.3 is 5.76 Å². The van der Waals surface area contributed by atoms with Crippen LogP contribution in [0.2, 0.25) is 0 Å².